The van der Waals surface area contributed by atoms with Gasteiger partial charge in [-0.25, -0.2) is 0 Å². The highest BCUT2D eigenvalue weighted by atomic mass is 16.4. The number of hydrogen-bond acceptors (Lipinski definition) is 2. The van der Waals surface area contributed by atoms with Crippen LogP contribution in [-0.4, -0.2) is 34.5 Å². The van der Waals surface area contributed by atoms with Crippen LogP contribution in [-0.2, 0) is 9.59 Å². The number of rotatable bonds is 4. The largest absolute Gasteiger partial charge is 0.480 e. The van der Waals surface area contributed by atoms with Crippen molar-refractivity contribution in [3.63, 3.8) is 0 Å². The number of hydrogen-bond donors (Lipinski definition) is 1. The van der Waals surface area contributed by atoms with Crippen molar-refractivity contribution in [2.75, 3.05) is 6.54 Å². The molecule has 3 rings (SSSR count). The molecule has 3 aliphatic rings. The fourth-order valence-corrected chi connectivity index (χ4v) is 3.07. The normalized spacial score (nSPS) is 35.6. The van der Waals surface area contributed by atoms with Crippen molar-refractivity contribution < 1.29 is 14.7 Å². The Morgan fingerprint density at radius 2 is 1.75 bits per heavy atom. The summed E-state index contributed by atoms with van der Waals surface area (Å²) < 4.78 is 0. The average molecular weight is 223 g/mol. The van der Waals surface area contributed by atoms with Crippen LogP contribution < -0.4 is 0 Å². The molecule has 0 radical (unpaired) electrons. The first-order valence-corrected chi connectivity index (χ1v) is 6.17. The summed E-state index contributed by atoms with van der Waals surface area (Å²) in [5.74, 6) is 0.906. The number of carbonyl (C=O) groups is 2. The average Bonchev–Trinajstić information content (AvgIpc) is 3.14. The third-order valence-electron chi connectivity index (χ3n) is 4.17. The van der Waals surface area contributed by atoms with Gasteiger partial charge in [-0.15, -0.1) is 0 Å². The number of carboxylic acids is 1. The van der Waals surface area contributed by atoms with Gasteiger partial charge in [-0.1, -0.05) is 0 Å². The van der Waals surface area contributed by atoms with Crippen molar-refractivity contribution in [3.8, 4) is 0 Å². The van der Waals surface area contributed by atoms with Gasteiger partial charge in [0.25, 0.3) is 0 Å². The zero-order chi connectivity index (χ0) is 11.3. The maximum Gasteiger partial charge on any atom is 0.323 e. The highest BCUT2D eigenvalue weighted by Crippen LogP contribution is 2.54. The van der Waals surface area contributed by atoms with E-state index in [0.717, 1.165) is 37.5 Å². The summed E-state index contributed by atoms with van der Waals surface area (Å²) >= 11 is 0. The summed E-state index contributed by atoms with van der Waals surface area (Å²) in [5, 5.41) is 8.82. The lowest BCUT2D eigenvalue weighted by Crippen LogP contribution is -2.40. The van der Waals surface area contributed by atoms with E-state index in [4.69, 9.17) is 5.11 Å². The Morgan fingerprint density at radius 1 is 1.12 bits per heavy atom. The summed E-state index contributed by atoms with van der Waals surface area (Å²) in [6.07, 6.45) is 5.28. The number of nitrogens with zero attached hydrogens (tertiary/aromatic N) is 1. The highest BCUT2D eigenvalue weighted by Gasteiger charge is 2.50. The molecule has 0 heterocycles. The molecule has 0 aromatic carbocycles. The summed E-state index contributed by atoms with van der Waals surface area (Å²) in [6, 6.07) is 0.223. The van der Waals surface area contributed by atoms with E-state index in [9.17, 15) is 9.59 Å². The van der Waals surface area contributed by atoms with Crippen molar-refractivity contribution in [1.29, 1.82) is 0 Å². The Labute approximate surface area is 94.6 Å². The van der Waals surface area contributed by atoms with E-state index in [0.29, 0.717) is 0 Å². The van der Waals surface area contributed by atoms with E-state index >= 15 is 0 Å². The first-order valence-electron chi connectivity index (χ1n) is 6.17. The fraction of sp³-hybridized carbons (Fsp3) is 0.833. The van der Waals surface area contributed by atoms with Gasteiger partial charge in [0, 0.05) is 12.0 Å². The molecule has 0 aliphatic heterocycles. The minimum Gasteiger partial charge on any atom is -0.480 e. The maximum atomic E-state index is 12.2. The molecule has 3 saturated carbocycles. The van der Waals surface area contributed by atoms with Crippen LogP contribution in [0.4, 0.5) is 0 Å². The van der Waals surface area contributed by atoms with Crippen LogP contribution in [0.15, 0.2) is 0 Å². The third kappa shape index (κ3) is 1.81. The molecule has 0 aromatic heterocycles. The van der Waals surface area contributed by atoms with E-state index in [1.165, 1.54) is 6.42 Å². The molecule has 1 amide bonds. The van der Waals surface area contributed by atoms with Crippen molar-refractivity contribution in [1.82, 2.24) is 4.90 Å². The third-order valence-corrected chi connectivity index (χ3v) is 4.17. The van der Waals surface area contributed by atoms with Gasteiger partial charge in [0.2, 0.25) is 5.91 Å². The van der Waals surface area contributed by atoms with Gasteiger partial charge in [0.1, 0.15) is 6.54 Å². The Kier molecular flexibility index (Phi) is 2.19. The molecule has 3 fully saturated rings. The standard InChI is InChI=1S/C12H17NO3/c14-11(15)6-13(10-1-2-10)12(16)9-4-7-3-8(7)5-9/h7-10H,1-6H2,(H,14,15). The van der Waals surface area contributed by atoms with Gasteiger partial charge in [-0.2, -0.15) is 0 Å². The van der Waals surface area contributed by atoms with Crippen molar-refractivity contribution in [3.05, 3.63) is 0 Å². The van der Waals surface area contributed by atoms with E-state index in [2.05, 4.69) is 0 Å². The Morgan fingerprint density at radius 3 is 2.25 bits per heavy atom. The van der Waals surface area contributed by atoms with Crippen LogP contribution >= 0.6 is 0 Å². The van der Waals surface area contributed by atoms with Crippen LogP contribution in [0.1, 0.15) is 32.1 Å². The van der Waals surface area contributed by atoms with Gasteiger partial charge >= 0.3 is 5.97 Å². The molecule has 0 aromatic rings. The van der Waals surface area contributed by atoms with E-state index in [-0.39, 0.29) is 24.4 Å². The summed E-state index contributed by atoms with van der Waals surface area (Å²) in [4.78, 5) is 24.5. The monoisotopic (exact) mass is 223 g/mol. The number of carbonyl (C=O) groups excluding carboxylic acids is 1. The quantitative estimate of drug-likeness (QED) is 0.776. The van der Waals surface area contributed by atoms with Crippen LogP contribution in [0.5, 0.6) is 0 Å². The lowest BCUT2D eigenvalue weighted by Gasteiger charge is -2.24. The van der Waals surface area contributed by atoms with Crippen LogP contribution in [0, 0.1) is 17.8 Å². The molecular formula is C12H17NO3. The number of amides is 1. The van der Waals surface area contributed by atoms with Crippen LogP contribution in [0.25, 0.3) is 0 Å². The SMILES string of the molecule is O=C(O)CN(C(=O)C1CC2CC2C1)C1CC1. The molecule has 0 bridgehead atoms. The van der Waals surface area contributed by atoms with E-state index in [1.807, 2.05) is 0 Å². The molecule has 2 unspecified atom stereocenters. The smallest absolute Gasteiger partial charge is 0.323 e. The first kappa shape index (κ1) is 10.1. The Balaban J connectivity index is 1.63. The van der Waals surface area contributed by atoms with E-state index < -0.39 is 5.97 Å². The van der Waals surface area contributed by atoms with Crippen LogP contribution in [0.3, 0.4) is 0 Å². The molecule has 88 valence electrons. The zero-order valence-electron chi connectivity index (χ0n) is 9.26. The second kappa shape index (κ2) is 3.47. The van der Waals surface area contributed by atoms with Gasteiger partial charge in [-0.05, 0) is 43.9 Å². The van der Waals surface area contributed by atoms with Gasteiger partial charge in [0.15, 0.2) is 0 Å². The summed E-state index contributed by atoms with van der Waals surface area (Å²) in [6.45, 7) is -0.102. The minimum atomic E-state index is -0.886. The molecule has 16 heavy (non-hydrogen) atoms. The van der Waals surface area contributed by atoms with Gasteiger partial charge < -0.3 is 10.0 Å². The van der Waals surface area contributed by atoms with Crippen LogP contribution in [0.2, 0.25) is 0 Å². The molecule has 1 N–H and O–H groups in total. The molecule has 2 atom stereocenters. The second-order valence-corrected chi connectivity index (χ2v) is 5.52. The lowest BCUT2D eigenvalue weighted by atomic mass is 10.0. The first-order chi connectivity index (χ1) is 7.65. The topological polar surface area (TPSA) is 57.6 Å². The zero-order valence-corrected chi connectivity index (χ0v) is 9.26. The van der Waals surface area contributed by atoms with Crippen molar-refractivity contribution >= 4 is 11.9 Å². The maximum absolute atomic E-state index is 12.2. The van der Waals surface area contributed by atoms with Crippen molar-refractivity contribution in [2.24, 2.45) is 17.8 Å². The molecule has 4 nitrogen and oxygen atoms in total. The number of aliphatic carboxylic acids is 1. The van der Waals surface area contributed by atoms with E-state index in [1.54, 1.807) is 4.90 Å². The highest BCUT2D eigenvalue weighted by molar-refractivity contribution is 5.84. The summed E-state index contributed by atoms with van der Waals surface area (Å²) in [5.41, 5.74) is 0. The summed E-state index contributed by atoms with van der Waals surface area (Å²) in [7, 11) is 0. The number of carboxylic acid groups (broad SMARTS) is 1. The molecule has 3 aliphatic carbocycles. The Bertz CT molecular complexity index is 327. The molecule has 0 spiro atoms. The lowest BCUT2D eigenvalue weighted by molar-refractivity contribution is -0.146. The van der Waals surface area contributed by atoms with Gasteiger partial charge in [0.05, 0.1) is 0 Å². The molecular weight excluding hydrogens is 206 g/mol. The minimum absolute atomic E-state index is 0.102. The second-order valence-electron chi connectivity index (χ2n) is 5.52. The predicted octanol–water partition coefficient (Wildman–Crippen LogP) is 1.11. The molecule has 0 saturated heterocycles. The fourth-order valence-electron chi connectivity index (χ4n) is 3.07. The molecule has 4 heteroatoms. The number of fused-ring (bicyclic) bond motifs is 1. The van der Waals surface area contributed by atoms with Crippen molar-refractivity contribution in [2.45, 2.75) is 38.1 Å². The predicted molar refractivity (Wildman–Crippen MR) is 56.7 cm³/mol. The Hall–Kier alpha value is -1.06. The van der Waals surface area contributed by atoms with Gasteiger partial charge in [-0.3, -0.25) is 9.59 Å².